The van der Waals surface area contributed by atoms with Gasteiger partial charge in [0.05, 0.1) is 18.6 Å². The highest BCUT2D eigenvalue weighted by atomic mass is 16.5. The van der Waals surface area contributed by atoms with E-state index in [1.165, 1.54) is 7.11 Å². The Morgan fingerprint density at radius 2 is 1.92 bits per heavy atom. The highest BCUT2D eigenvalue weighted by Gasteiger charge is 2.44. The van der Waals surface area contributed by atoms with Gasteiger partial charge in [0.1, 0.15) is 0 Å². The lowest BCUT2D eigenvalue weighted by Crippen LogP contribution is -2.43. The number of carbonyl (C=O) groups is 1. The van der Waals surface area contributed by atoms with Gasteiger partial charge in [-0.25, -0.2) is 0 Å². The first kappa shape index (κ1) is 10.5. The van der Waals surface area contributed by atoms with E-state index in [1.54, 1.807) is 6.92 Å². The Kier molecular flexibility index (Phi) is 3.31. The maximum Gasteiger partial charge on any atom is 0.314 e. The average Bonchev–Trinajstić information content (AvgIpc) is 2.17. The van der Waals surface area contributed by atoms with E-state index in [1.807, 2.05) is 0 Å². The van der Waals surface area contributed by atoms with E-state index >= 15 is 0 Å². The highest BCUT2D eigenvalue weighted by molar-refractivity contribution is 5.77. The van der Waals surface area contributed by atoms with Crippen LogP contribution in [0.3, 0.4) is 0 Å². The van der Waals surface area contributed by atoms with Crippen molar-refractivity contribution in [3.8, 4) is 0 Å². The Morgan fingerprint density at radius 1 is 1.38 bits per heavy atom. The molecule has 3 nitrogen and oxygen atoms in total. The third-order valence-electron chi connectivity index (χ3n) is 3.14. The quantitative estimate of drug-likeness (QED) is 0.665. The largest absolute Gasteiger partial charge is 0.469 e. The summed E-state index contributed by atoms with van der Waals surface area (Å²) in [6, 6.07) is 0. The van der Waals surface area contributed by atoms with Gasteiger partial charge >= 0.3 is 5.97 Å². The second kappa shape index (κ2) is 4.09. The molecule has 0 saturated heterocycles. The van der Waals surface area contributed by atoms with Crippen LogP contribution in [-0.4, -0.2) is 24.3 Å². The monoisotopic (exact) mass is 186 g/mol. The molecule has 1 unspecified atom stereocenters. The van der Waals surface area contributed by atoms with Gasteiger partial charge in [0, 0.05) is 0 Å². The Morgan fingerprint density at radius 3 is 2.31 bits per heavy atom. The summed E-state index contributed by atoms with van der Waals surface area (Å²) < 4.78 is 4.76. The highest BCUT2D eigenvalue weighted by Crippen LogP contribution is 2.40. The zero-order valence-corrected chi connectivity index (χ0v) is 8.38. The standard InChI is InChI=1S/C10H18O3/c1-8(11)10(9(12)13-2)6-4-3-5-7-10/h8,11H,3-7H2,1-2H3. The molecule has 0 aromatic rings. The zero-order chi connectivity index (χ0) is 9.90. The molecule has 0 radical (unpaired) electrons. The molecule has 1 aliphatic rings. The van der Waals surface area contributed by atoms with Crippen LogP contribution in [-0.2, 0) is 9.53 Å². The van der Waals surface area contributed by atoms with Gasteiger partial charge in [-0.3, -0.25) is 4.79 Å². The molecule has 0 aliphatic heterocycles. The molecule has 1 N–H and O–H groups in total. The van der Waals surface area contributed by atoms with Crippen LogP contribution in [0.1, 0.15) is 39.0 Å². The predicted octanol–water partition coefficient (Wildman–Crippen LogP) is 1.49. The fraction of sp³-hybridized carbons (Fsp3) is 0.900. The summed E-state index contributed by atoms with van der Waals surface area (Å²) in [5.74, 6) is -0.248. The minimum Gasteiger partial charge on any atom is -0.469 e. The first-order chi connectivity index (χ1) is 6.13. The van der Waals surface area contributed by atoms with Crippen molar-refractivity contribution in [1.29, 1.82) is 0 Å². The Bertz CT molecular complexity index is 181. The van der Waals surface area contributed by atoms with E-state index in [-0.39, 0.29) is 5.97 Å². The predicted molar refractivity (Wildman–Crippen MR) is 49.2 cm³/mol. The third-order valence-corrected chi connectivity index (χ3v) is 3.14. The van der Waals surface area contributed by atoms with Crippen molar-refractivity contribution in [2.75, 3.05) is 7.11 Å². The summed E-state index contributed by atoms with van der Waals surface area (Å²) in [5, 5.41) is 9.63. The summed E-state index contributed by atoms with van der Waals surface area (Å²) >= 11 is 0. The molecule has 1 aliphatic carbocycles. The smallest absolute Gasteiger partial charge is 0.314 e. The van der Waals surface area contributed by atoms with Gasteiger partial charge < -0.3 is 9.84 Å². The maximum atomic E-state index is 11.5. The molecule has 13 heavy (non-hydrogen) atoms. The Labute approximate surface area is 79.1 Å². The van der Waals surface area contributed by atoms with Gasteiger partial charge in [-0.05, 0) is 19.8 Å². The SMILES string of the molecule is COC(=O)C1(C(C)O)CCCCC1. The molecule has 0 bridgehead atoms. The molecule has 1 atom stereocenters. The van der Waals surface area contributed by atoms with Gasteiger partial charge in [0.2, 0.25) is 0 Å². The molecular formula is C10H18O3. The maximum absolute atomic E-state index is 11.5. The zero-order valence-electron chi connectivity index (χ0n) is 8.38. The first-order valence-electron chi connectivity index (χ1n) is 4.90. The van der Waals surface area contributed by atoms with Crippen LogP contribution >= 0.6 is 0 Å². The van der Waals surface area contributed by atoms with E-state index in [0.29, 0.717) is 0 Å². The molecule has 0 aromatic carbocycles. The number of aliphatic hydroxyl groups is 1. The van der Waals surface area contributed by atoms with E-state index in [0.717, 1.165) is 32.1 Å². The minimum absolute atomic E-state index is 0.248. The lowest BCUT2D eigenvalue weighted by Gasteiger charge is -2.36. The van der Waals surface area contributed by atoms with E-state index in [9.17, 15) is 9.90 Å². The van der Waals surface area contributed by atoms with Gasteiger partial charge in [-0.2, -0.15) is 0 Å². The van der Waals surface area contributed by atoms with Crippen LogP contribution in [0.4, 0.5) is 0 Å². The topological polar surface area (TPSA) is 46.5 Å². The average molecular weight is 186 g/mol. The second-order valence-corrected chi connectivity index (χ2v) is 3.88. The minimum atomic E-state index is -0.618. The van der Waals surface area contributed by atoms with Crippen LogP contribution in [0.2, 0.25) is 0 Å². The summed E-state index contributed by atoms with van der Waals surface area (Å²) in [5.41, 5.74) is -0.618. The van der Waals surface area contributed by atoms with Crippen molar-refractivity contribution >= 4 is 5.97 Å². The summed E-state index contributed by atoms with van der Waals surface area (Å²) in [6.45, 7) is 1.68. The van der Waals surface area contributed by atoms with Gasteiger partial charge in [-0.1, -0.05) is 19.3 Å². The van der Waals surface area contributed by atoms with Crippen molar-refractivity contribution in [1.82, 2.24) is 0 Å². The van der Waals surface area contributed by atoms with Crippen molar-refractivity contribution in [2.24, 2.45) is 5.41 Å². The summed E-state index contributed by atoms with van der Waals surface area (Å²) in [4.78, 5) is 11.5. The lowest BCUT2D eigenvalue weighted by molar-refractivity contribution is -0.162. The number of ether oxygens (including phenoxy) is 1. The number of methoxy groups -OCH3 is 1. The summed E-state index contributed by atoms with van der Waals surface area (Å²) in [7, 11) is 1.39. The molecule has 3 heteroatoms. The second-order valence-electron chi connectivity index (χ2n) is 3.88. The Hall–Kier alpha value is -0.570. The molecule has 0 spiro atoms. The van der Waals surface area contributed by atoms with Gasteiger partial charge in [-0.15, -0.1) is 0 Å². The first-order valence-corrected chi connectivity index (χ1v) is 4.90. The van der Waals surface area contributed by atoms with Crippen LogP contribution in [0.25, 0.3) is 0 Å². The molecule has 1 fully saturated rings. The van der Waals surface area contributed by atoms with Crippen molar-refractivity contribution in [3.63, 3.8) is 0 Å². The van der Waals surface area contributed by atoms with Gasteiger partial charge in [0.25, 0.3) is 0 Å². The number of hydrogen-bond donors (Lipinski definition) is 1. The van der Waals surface area contributed by atoms with Crippen molar-refractivity contribution in [2.45, 2.75) is 45.1 Å². The molecule has 1 rings (SSSR count). The third kappa shape index (κ3) is 1.85. The van der Waals surface area contributed by atoms with Crippen molar-refractivity contribution in [3.05, 3.63) is 0 Å². The van der Waals surface area contributed by atoms with E-state index in [4.69, 9.17) is 4.74 Å². The van der Waals surface area contributed by atoms with Crippen molar-refractivity contribution < 1.29 is 14.6 Å². The molecule has 1 saturated carbocycles. The number of carbonyl (C=O) groups excluding carboxylic acids is 1. The number of rotatable bonds is 2. The van der Waals surface area contributed by atoms with E-state index in [2.05, 4.69) is 0 Å². The molecule has 0 amide bonds. The number of aliphatic hydroxyl groups excluding tert-OH is 1. The summed E-state index contributed by atoms with van der Waals surface area (Å²) in [6.07, 6.45) is 4.11. The molecule has 0 aromatic heterocycles. The van der Waals surface area contributed by atoms with Gasteiger partial charge in [0.15, 0.2) is 0 Å². The Balaban J connectivity index is 2.79. The number of hydrogen-bond acceptors (Lipinski definition) is 3. The van der Waals surface area contributed by atoms with E-state index < -0.39 is 11.5 Å². The lowest BCUT2D eigenvalue weighted by atomic mass is 9.70. The molecule has 0 heterocycles. The number of esters is 1. The molecular weight excluding hydrogens is 168 g/mol. The van der Waals surface area contributed by atoms with Crippen LogP contribution in [0, 0.1) is 5.41 Å². The normalized spacial score (nSPS) is 23.6. The van der Waals surface area contributed by atoms with Crippen LogP contribution in [0.5, 0.6) is 0 Å². The molecule has 76 valence electrons. The van der Waals surface area contributed by atoms with Crippen LogP contribution < -0.4 is 0 Å². The fourth-order valence-corrected chi connectivity index (χ4v) is 2.18. The van der Waals surface area contributed by atoms with Crippen LogP contribution in [0.15, 0.2) is 0 Å². The fourth-order valence-electron chi connectivity index (χ4n) is 2.18.